The molecule has 5 heteroatoms. The molecule has 0 aliphatic heterocycles. The van der Waals surface area contributed by atoms with Crippen molar-refractivity contribution in [2.24, 2.45) is 5.18 Å². The summed E-state index contributed by atoms with van der Waals surface area (Å²) in [5, 5.41) is 6.35. The van der Waals surface area contributed by atoms with Gasteiger partial charge in [-0.25, -0.2) is 0 Å². The lowest BCUT2D eigenvalue weighted by molar-refractivity contribution is -0.125. The highest BCUT2D eigenvalue weighted by molar-refractivity contribution is 5.84. The maximum atomic E-state index is 11.1. The molecule has 5 nitrogen and oxygen atoms in total. The van der Waals surface area contributed by atoms with E-state index in [0.717, 1.165) is 5.56 Å². The number of rotatable bonds is 2. The molecule has 0 aliphatic carbocycles. The standard InChI is InChI=1S/C8H11N3O2/c1-6-4-9-11(5-6)8(2,3)7(12)10-13/h4-5H,1-3H3. The number of nitrogens with zero attached hydrogens (tertiary/aromatic N) is 3. The van der Waals surface area contributed by atoms with Crippen LogP contribution >= 0.6 is 0 Å². The third-order valence-corrected chi connectivity index (χ3v) is 1.89. The van der Waals surface area contributed by atoms with Crippen molar-refractivity contribution in [2.45, 2.75) is 26.3 Å². The molecule has 1 aromatic rings. The fourth-order valence-electron chi connectivity index (χ4n) is 0.928. The molecule has 1 rings (SSSR count). The van der Waals surface area contributed by atoms with Gasteiger partial charge in [0.25, 0.3) is 0 Å². The first-order chi connectivity index (χ1) is 5.98. The van der Waals surface area contributed by atoms with Gasteiger partial charge in [0, 0.05) is 11.4 Å². The molecule has 0 aliphatic rings. The Morgan fingerprint density at radius 3 is 2.62 bits per heavy atom. The zero-order valence-corrected chi connectivity index (χ0v) is 7.81. The lowest BCUT2D eigenvalue weighted by Crippen LogP contribution is -2.34. The highest BCUT2D eigenvalue weighted by Gasteiger charge is 2.31. The summed E-state index contributed by atoms with van der Waals surface area (Å²) in [6.07, 6.45) is 3.32. The fraction of sp³-hybridized carbons (Fsp3) is 0.500. The van der Waals surface area contributed by atoms with Crippen molar-refractivity contribution in [1.82, 2.24) is 9.78 Å². The Kier molecular flexibility index (Phi) is 2.27. The highest BCUT2D eigenvalue weighted by atomic mass is 16.3. The lowest BCUT2D eigenvalue weighted by Gasteiger charge is -2.19. The molecular formula is C8H11N3O2. The van der Waals surface area contributed by atoms with Crippen LogP contribution in [0.15, 0.2) is 17.6 Å². The van der Waals surface area contributed by atoms with Crippen LogP contribution in [0.4, 0.5) is 0 Å². The molecule has 0 N–H and O–H groups in total. The van der Waals surface area contributed by atoms with E-state index in [1.165, 1.54) is 4.68 Å². The van der Waals surface area contributed by atoms with Crippen molar-refractivity contribution in [3.8, 4) is 0 Å². The molecule has 0 unspecified atom stereocenters. The Balaban J connectivity index is 3.06. The first-order valence-electron chi connectivity index (χ1n) is 3.88. The molecule has 0 spiro atoms. The Bertz CT molecular complexity index is 341. The number of aryl methyl sites for hydroxylation is 1. The number of hydrogen-bond acceptors (Lipinski definition) is 3. The second kappa shape index (κ2) is 3.08. The minimum atomic E-state index is -0.990. The molecule has 0 atom stereocenters. The number of nitroso groups, excluding NO2 is 1. The summed E-state index contributed by atoms with van der Waals surface area (Å²) in [6, 6.07) is 0. The highest BCUT2D eigenvalue weighted by Crippen LogP contribution is 2.16. The number of carbonyl (C=O) groups excluding carboxylic acids is 1. The Labute approximate surface area is 75.7 Å². The molecule has 1 aromatic heterocycles. The van der Waals surface area contributed by atoms with Gasteiger partial charge in [-0.1, -0.05) is 0 Å². The van der Waals surface area contributed by atoms with Crippen LogP contribution in [0.3, 0.4) is 0 Å². The van der Waals surface area contributed by atoms with Gasteiger partial charge in [-0.2, -0.15) is 5.10 Å². The van der Waals surface area contributed by atoms with Crippen LogP contribution in [-0.2, 0) is 10.3 Å². The van der Waals surface area contributed by atoms with Crippen LogP contribution in [-0.4, -0.2) is 15.7 Å². The summed E-state index contributed by atoms with van der Waals surface area (Å²) >= 11 is 0. The van der Waals surface area contributed by atoms with E-state index in [9.17, 15) is 9.70 Å². The molecule has 1 heterocycles. The average Bonchev–Trinajstić information content (AvgIpc) is 2.50. The molecule has 0 saturated heterocycles. The average molecular weight is 181 g/mol. The van der Waals surface area contributed by atoms with Crippen molar-refractivity contribution in [3.05, 3.63) is 22.9 Å². The monoisotopic (exact) mass is 181 g/mol. The number of carbonyl (C=O) groups is 1. The van der Waals surface area contributed by atoms with Gasteiger partial charge in [0.15, 0.2) is 0 Å². The van der Waals surface area contributed by atoms with Gasteiger partial charge in [-0.05, 0) is 26.3 Å². The lowest BCUT2D eigenvalue weighted by atomic mass is 10.1. The van der Waals surface area contributed by atoms with E-state index < -0.39 is 11.4 Å². The molecule has 0 radical (unpaired) electrons. The molecule has 0 bridgehead atoms. The summed E-state index contributed by atoms with van der Waals surface area (Å²) in [6.45, 7) is 5.06. The molecule has 70 valence electrons. The van der Waals surface area contributed by atoms with Crippen LogP contribution < -0.4 is 0 Å². The zero-order chi connectivity index (χ0) is 10.1. The Morgan fingerprint density at radius 2 is 2.23 bits per heavy atom. The van der Waals surface area contributed by atoms with Crippen LogP contribution in [0.25, 0.3) is 0 Å². The maximum absolute atomic E-state index is 11.1. The van der Waals surface area contributed by atoms with Crippen LogP contribution in [0.1, 0.15) is 19.4 Å². The van der Waals surface area contributed by atoms with Crippen molar-refractivity contribution in [3.63, 3.8) is 0 Å². The number of amides is 1. The predicted octanol–water partition coefficient (Wildman–Crippen LogP) is 1.22. The van der Waals surface area contributed by atoms with E-state index in [4.69, 9.17) is 0 Å². The first kappa shape index (κ1) is 9.57. The third-order valence-electron chi connectivity index (χ3n) is 1.89. The van der Waals surface area contributed by atoms with E-state index in [2.05, 4.69) is 10.3 Å². The summed E-state index contributed by atoms with van der Waals surface area (Å²) < 4.78 is 1.44. The normalized spacial score (nSPS) is 11.3. The van der Waals surface area contributed by atoms with E-state index in [1.54, 1.807) is 26.2 Å². The second-order valence-electron chi connectivity index (χ2n) is 3.42. The quantitative estimate of drug-likeness (QED) is 0.644. The predicted molar refractivity (Wildman–Crippen MR) is 47.1 cm³/mol. The van der Waals surface area contributed by atoms with Gasteiger partial charge in [-0.15, -0.1) is 4.91 Å². The number of hydrogen-bond donors (Lipinski definition) is 0. The van der Waals surface area contributed by atoms with Crippen molar-refractivity contribution >= 4 is 5.91 Å². The zero-order valence-electron chi connectivity index (χ0n) is 7.81. The molecule has 0 aromatic carbocycles. The van der Waals surface area contributed by atoms with Crippen molar-refractivity contribution in [2.75, 3.05) is 0 Å². The van der Waals surface area contributed by atoms with Gasteiger partial charge in [0.2, 0.25) is 0 Å². The SMILES string of the molecule is Cc1cnn(C(C)(C)C(=O)N=O)c1. The third kappa shape index (κ3) is 1.63. The van der Waals surface area contributed by atoms with Crippen molar-refractivity contribution in [1.29, 1.82) is 0 Å². The summed E-state index contributed by atoms with van der Waals surface area (Å²) in [7, 11) is 0. The van der Waals surface area contributed by atoms with Gasteiger partial charge < -0.3 is 0 Å². The molecule has 1 amide bonds. The first-order valence-corrected chi connectivity index (χ1v) is 3.88. The topological polar surface area (TPSA) is 64.3 Å². The van der Waals surface area contributed by atoms with E-state index in [1.807, 2.05) is 6.92 Å². The van der Waals surface area contributed by atoms with E-state index in [-0.39, 0.29) is 0 Å². The largest absolute Gasteiger partial charge is 0.313 e. The summed E-state index contributed by atoms with van der Waals surface area (Å²) in [4.78, 5) is 21.2. The molecule has 0 saturated carbocycles. The van der Waals surface area contributed by atoms with Crippen molar-refractivity contribution < 1.29 is 4.79 Å². The fourth-order valence-corrected chi connectivity index (χ4v) is 0.928. The van der Waals surface area contributed by atoms with Gasteiger partial charge in [-0.3, -0.25) is 9.48 Å². The Morgan fingerprint density at radius 1 is 1.62 bits per heavy atom. The summed E-state index contributed by atoms with van der Waals surface area (Å²) in [5.74, 6) is -0.726. The van der Waals surface area contributed by atoms with Gasteiger partial charge >= 0.3 is 5.91 Å². The summed E-state index contributed by atoms with van der Waals surface area (Å²) in [5.41, 5.74) is -0.0532. The molecule has 0 fully saturated rings. The Hall–Kier alpha value is -1.52. The van der Waals surface area contributed by atoms with Gasteiger partial charge in [0.05, 0.1) is 6.20 Å². The minimum absolute atomic E-state index is 0.726. The van der Waals surface area contributed by atoms with Crippen LogP contribution in [0.5, 0.6) is 0 Å². The number of aromatic nitrogens is 2. The second-order valence-corrected chi connectivity index (χ2v) is 3.42. The molecular weight excluding hydrogens is 170 g/mol. The van der Waals surface area contributed by atoms with Gasteiger partial charge in [0.1, 0.15) is 5.54 Å². The maximum Gasteiger partial charge on any atom is 0.313 e. The van der Waals surface area contributed by atoms with E-state index >= 15 is 0 Å². The minimum Gasteiger partial charge on any atom is -0.266 e. The van der Waals surface area contributed by atoms with E-state index in [0.29, 0.717) is 0 Å². The van der Waals surface area contributed by atoms with Crippen LogP contribution in [0, 0.1) is 11.8 Å². The van der Waals surface area contributed by atoms with Crippen LogP contribution in [0.2, 0.25) is 0 Å². The smallest absolute Gasteiger partial charge is 0.266 e. The molecule has 13 heavy (non-hydrogen) atoms.